The molecule has 0 aliphatic heterocycles. The molecule has 1 atom stereocenters. The number of quaternary nitrogens is 1. The molecule has 0 fully saturated rings. The van der Waals surface area contributed by atoms with Gasteiger partial charge in [0.1, 0.15) is 21.8 Å². The van der Waals surface area contributed by atoms with Crippen molar-refractivity contribution in [2.75, 3.05) is 6.29 Å². The van der Waals surface area contributed by atoms with Crippen LogP contribution in [0.25, 0.3) is 10.4 Å². The second-order valence-corrected chi connectivity index (χ2v) is 10.9. The van der Waals surface area contributed by atoms with E-state index < -0.39 is 35.5 Å². The minimum atomic E-state index is -4.78. The number of halogens is 1. The molecule has 2 aromatic carbocycles. The van der Waals surface area contributed by atoms with Gasteiger partial charge in [0, 0.05) is 10.9 Å². The van der Waals surface area contributed by atoms with Crippen molar-refractivity contribution in [3.05, 3.63) is 59.9 Å². The molecular weight excluding hydrogens is 484 g/mol. The molecule has 32 heavy (non-hydrogen) atoms. The highest BCUT2D eigenvalue weighted by atomic mass is 32.2. The zero-order valence-electron chi connectivity index (χ0n) is 16.4. The predicted octanol–water partition coefficient (Wildman–Crippen LogP) is 3.08. The molecule has 10 nitrogen and oxygen atoms in total. The lowest BCUT2D eigenvalue weighted by atomic mass is 10.2. The lowest BCUT2D eigenvalue weighted by Crippen LogP contribution is -2.28. The number of benzene rings is 2. The maximum Gasteiger partial charge on any atom is 0.250 e. The number of thiophene rings is 1. The highest BCUT2D eigenvalue weighted by Crippen LogP contribution is 2.39. The quantitative estimate of drug-likeness (QED) is 0.280. The third kappa shape index (κ3) is 5.83. The maximum atomic E-state index is 13.6. The van der Waals surface area contributed by atoms with Crippen LogP contribution in [-0.4, -0.2) is 24.9 Å². The Hall–Kier alpha value is -2.98. The molecular formula is C18H17FN3O7PS2. The Labute approximate surface area is 186 Å². The van der Waals surface area contributed by atoms with Crippen molar-refractivity contribution in [1.29, 1.82) is 5.26 Å². The number of phenols is 2. The first-order valence-electron chi connectivity index (χ1n) is 8.32. The Morgan fingerprint density at radius 3 is 2.50 bits per heavy atom. The number of hydrogen-bond donors (Lipinski definition) is 4. The van der Waals surface area contributed by atoms with Gasteiger partial charge in [-0.15, -0.1) is 11.3 Å². The zero-order chi connectivity index (χ0) is 22.8. The van der Waals surface area contributed by atoms with Crippen molar-refractivity contribution in [2.24, 2.45) is 0 Å². The van der Waals surface area contributed by atoms with Gasteiger partial charge in [-0.05, 0) is 48.0 Å². The fourth-order valence-electron chi connectivity index (χ4n) is 2.37. The van der Waals surface area contributed by atoms with E-state index in [4.69, 9.17) is 5.26 Å². The van der Waals surface area contributed by atoms with Crippen LogP contribution in [-0.2, 0) is 14.6 Å². The molecule has 0 saturated carbocycles. The first kappa shape index (κ1) is 25.3. The molecule has 0 saturated heterocycles. The second kappa shape index (κ2) is 9.66. The van der Waals surface area contributed by atoms with E-state index in [-0.39, 0.29) is 27.4 Å². The number of sulfonamides is 1. The molecule has 1 aromatic heterocycles. The van der Waals surface area contributed by atoms with Crippen molar-refractivity contribution in [3.63, 3.8) is 0 Å². The normalized spacial score (nSPS) is 12.9. The fourth-order valence-corrected chi connectivity index (χ4v) is 6.19. The summed E-state index contributed by atoms with van der Waals surface area (Å²) >= 11 is 0.812. The smallest absolute Gasteiger partial charge is 0.250 e. The number of nitrogens with one attached hydrogen (secondary N) is 1. The predicted molar refractivity (Wildman–Crippen MR) is 114 cm³/mol. The van der Waals surface area contributed by atoms with Crippen LogP contribution in [0.4, 0.5) is 4.39 Å². The molecule has 0 spiro atoms. The van der Waals surface area contributed by atoms with Crippen LogP contribution in [0.5, 0.6) is 17.2 Å². The van der Waals surface area contributed by atoms with Crippen LogP contribution < -0.4 is 20.3 Å². The van der Waals surface area contributed by atoms with Crippen LogP contribution in [0.3, 0.4) is 0 Å². The molecule has 7 N–H and O–H groups in total. The van der Waals surface area contributed by atoms with Gasteiger partial charge in [-0.2, -0.15) is 5.26 Å². The van der Waals surface area contributed by atoms with Gasteiger partial charge >= 0.3 is 0 Å². The van der Waals surface area contributed by atoms with Crippen LogP contribution in [0.15, 0.2) is 52.7 Å². The van der Waals surface area contributed by atoms with E-state index in [0.717, 1.165) is 23.5 Å². The number of aromatic hydroxyl groups is 2. The second-order valence-electron chi connectivity index (χ2n) is 6.08. The van der Waals surface area contributed by atoms with Gasteiger partial charge < -0.3 is 25.8 Å². The van der Waals surface area contributed by atoms with Crippen LogP contribution in [0.1, 0.15) is 5.56 Å². The third-order valence-corrected chi connectivity index (χ3v) is 8.14. The minimum absolute atomic E-state index is 0. The SMILES string of the molecule is N#Cc1ccc(OP(=O)([O-])CNS(=O)(=O)c2ccc(-c3ccc(O)c(O)c3)s2)cc1F.[NH4+]. The average Bonchev–Trinajstić information content (AvgIpc) is 3.20. The van der Waals surface area contributed by atoms with E-state index in [1.165, 1.54) is 30.3 Å². The number of rotatable bonds is 7. The van der Waals surface area contributed by atoms with Gasteiger partial charge in [0.25, 0.3) is 10.0 Å². The molecule has 3 aromatic rings. The van der Waals surface area contributed by atoms with E-state index in [2.05, 4.69) is 4.52 Å². The molecule has 1 unspecified atom stereocenters. The summed E-state index contributed by atoms with van der Waals surface area (Å²) in [5.41, 5.74) is 0.145. The monoisotopic (exact) mass is 501 g/mol. The molecule has 14 heteroatoms. The van der Waals surface area contributed by atoms with Gasteiger partial charge in [0.15, 0.2) is 19.1 Å². The first-order valence-corrected chi connectivity index (χ1v) is 12.3. The van der Waals surface area contributed by atoms with Crippen molar-refractivity contribution in [2.45, 2.75) is 4.21 Å². The van der Waals surface area contributed by atoms with E-state index in [1.807, 2.05) is 4.72 Å². The number of nitriles is 1. The molecule has 0 aliphatic rings. The minimum Gasteiger partial charge on any atom is -0.768 e. The summed E-state index contributed by atoms with van der Waals surface area (Å²) in [6, 6.07) is 11.1. The first-order chi connectivity index (χ1) is 14.5. The molecule has 0 bridgehead atoms. The van der Waals surface area contributed by atoms with Gasteiger partial charge in [0.2, 0.25) is 0 Å². The molecule has 0 amide bonds. The molecule has 0 radical (unpaired) electrons. The van der Waals surface area contributed by atoms with Crippen LogP contribution in [0.2, 0.25) is 0 Å². The molecule has 170 valence electrons. The van der Waals surface area contributed by atoms with Gasteiger partial charge in [0.05, 0.1) is 11.8 Å². The summed E-state index contributed by atoms with van der Waals surface area (Å²) in [5.74, 6) is -2.09. The topological polar surface area (TPSA) is 196 Å². The Morgan fingerprint density at radius 1 is 1.16 bits per heavy atom. The van der Waals surface area contributed by atoms with E-state index in [9.17, 15) is 32.5 Å². The van der Waals surface area contributed by atoms with Crippen molar-refractivity contribution >= 4 is 29.0 Å². The summed E-state index contributed by atoms with van der Waals surface area (Å²) in [6.07, 6.45) is -1.09. The largest absolute Gasteiger partial charge is 0.768 e. The Balaban J connectivity index is 0.00000363. The van der Waals surface area contributed by atoms with E-state index in [0.29, 0.717) is 16.5 Å². The maximum absolute atomic E-state index is 13.6. The third-order valence-electron chi connectivity index (χ3n) is 3.86. The molecule has 0 aliphatic carbocycles. The standard InChI is InChI=1S/C18H14FN2O7PS2.H3N/c19-14-8-13(3-1-12(14)9-20)28-29(24,25)10-21-31(26,27)18-6-5-17(30-18)11-2-4-15(22)16(23)7-11;/h1-8,21-23H,10H2,(H,24,25);1H3. The number of phenolic OH excluding ortho intramolecular Hbond substituents is 2. The average molecular weight is 501 g/mol. The fraction of sp³-hybridized carbons (Fsp3) is 0.0556. The molecule has 3 rings (SSSR count). The van der Waals surface area contributed by atoms with Crippen LogP contribution in [0, 0.1) is 17.1 Å². The summed E-state index contributed by atoms with van der Waals surface area (Å²) in [7, 11) is -9.01. The lowest BCUT2D eigenvalue weighted by Gasteiger charge is -2.24. The van der Waals surface area contributed by atoms with Gasteiger partial charge in [-0.3, -0.25) is 4.57 Å². The summed E-state index contributed by atoms with van der Waals surface area (Å²) in [6.45, 7) is 0. The Bertz CT molecular complexity index is 1340. The van der Waals surface area contributed by atoms with Gasteiger partial charge in [-0.25, -0.2) is 17.5 Å². The summed E-state index contributed by atoms with van der Waals surface area (Å²) in [4.78, 5) is 12.5. The van der Waals surface area contributed by atoms with E-state index >= 15 is 0 Å². The number of hydrogen-bond acceptors (Lipinski definition) is 9. The molecule has 1 heterocycles. The lowest BCUT2D eigenvalue weighted by molar-refractivity contribution is -0.191. The van der Waals surface area contributed by atoms with E-state index in [1.54, 1.807) is 6.07 Å². The van der Waals surface area contributed by atoms with Crippen molar-refractivity contribution < 1.29 is 37.0 Å². The zero-order valence-corrected chi connectivity index (χ0v) is 18.9. The van der Waals surface area contributed by atoms with Gasteiger partial charge in [-0.1, -0.05) is 0 Å². The Morgan fingerprint density at radius 2 is 1.88 bits per heavy atom. The highest BCUT2D eigenvalue weighted by molar-refractivity contribution is 7.92. The summed E-state index contributed by atoms with van der Waals surface area (Å²) in [5, 5.41) is 27.6. The van der Waals surface area contributed by atoms with Crippen molar-refractivity contribution in [1.82, 2.24) is 10.9 Å². The summed E-state index contributed by atoms with van der Waals surface area (Å²) < 4.78 is 56.9. The van der Waals surface area contributed by atoms with Crippen LogP contribution >= 0.6 is 18.9 Å². The Kier molecular flexibility index (Phi) is 7.63. The number of nitrogens with zero attached hydrogens (tertiary/aromatic N) is 1. The van der Waals surface area contributed by atoms with Crippen molar-refractivity contribution in [3.8, 4) is 33.8 Å². The highest BCUT2D eigenvalue weighted by Gasteiger charge is 2.21.